The zero-order valence-corrected chi connectivity index (χ0v) is 13.0. The Labute approximate surface area is 138 Å². The van der Waals surface area contributed by atoms with E-state index in [0.29, 0.717) is 17.0 Å². The first-order valence-electron chi connectivity index (χ1n) is 7.29. The number of fused-ring (bicyclic) bond motifs is 1. The molecule has 7 heteroatoms. The Morgan fingerprint density at radius 2 is 1.92 bits per heavy atom. The Balaban J connectivity index is 1.59. The first kappa shape index (κ1) is 15.5. The molecule has 7 nitrogen and oxygen atoms in total. The highest BCUT2D eigenvalue weighted by molar-refractivity contribution is 5.93. The number of nitrogens with zero attached hydrogens (tertiary/aromatic N) is 2. The largest absolute Gasteiger partial charge is 0.484 e. The summed E-state index contributed by atoms with van der Waals surface area (Å²) in [6.45, 7) is 1.76. The second-order valence-electron chi connectivity index (χ2n) is 5.29. The van der Waals surface area contributed by atoms with Gasteiger partial charge < -0.3 is 20.2 Å². The molecule has 0 atom stereocenters. The number of rotatable bonds is 5. The molecule has 0 aliphatic rings. The summed E-state index contributed by atoms with van der Waals surface area (Å²) in [5.41, 5.74) is 7.92. The number of hydrogen-bond donors (Lipinski definition) is 2. The molecule has 2 heterocycles. The van der Waals surface area contributed by atoms with Crippen LogP contribution in [0.15, 0.2) is 48.8 Å². The van der Waals surface area contributed by atoms with Gasteiger partial charge in [0, 0.05) is 18.0 Å². The molecule has 2 amide bonds. The quantitative estimate of drug-likeness (QED) is 0.747. The third-order valence-electron chi connectivity index (χ3n) is 3.36. The zero-order valence-electron chi connectivity index (χ0n) is 13.0. The van der Waals surface area contributed by atoms with Gasteiger partial charge in [0.15, 0.2) is 6.61 Å². The molecule has 0 aliphatic carbocycles. The highest BCUT2D eigenvalue weighted by atomic mass is 16.5. The van der Waals surface area contributed by atoms with Crippen LogP contribution in [-0.2, 0) is 4.79 Å². The number of benzene rings is 1. The number of imidazole rings is 1. The number of anilines is 1. The number of amides is 2. The summed E-state index contributed by atoms with van der Waals surface area (Å²) in [6, 6.07) is 9.88. The number of ether oxygens (including phenoxy) is 1. The van der Waals surface area contributed by atoms with Crippen molar-refractivity contribution in [1.29, 1.82) is 0 Å². The maximum atomic E-state index is 12.0. The van der Waals surface area contributed by atoms with Gasteiger partial charge in [-0.05, 0) is 43.3 Å². The number of aromatic nitrogens is 2. The van der Waals surface area contributed by atoms with Crippen molar-refractivity contribution in [3.05, 3.63) is 60.0 Å². The minimum absolute atomic E-state index is 0.142. The lowest BCUT2D eigenvalue weighted by Gasteiger charge is -2.08. The Morgan fingerprint density at radius 1 is 1.17 bits per heavy atom. The van der Waals surface area contributed by atoms with E-state index in [1.807, 2.05) is 23.6 Å². The zero-order chi connectivity index (χ0) is 17.1. The van der Waals surface area contributed by atoms with Crippen LogP contribution in [0.3, 0.4) is 0 Å². The van der Waals surface area contributed by atoms with Crippen molar-refractivity contribution in [2.75, 3.05) is 11.9 Å². The molecule has 0 fully saturated rings. The molecule has 2 aromatic heterocycles. The van der Waals surface area contributed by atoms with Crippen LogP contribution in [0.5, 0.6) is 5.75 Å². The van der Waals surface area contributed by atoms with Crippen LogP contribution < -0.4 is 15.8 Å². The summed E-state index contributed by atoms with van der Waals surface area (Å²) in [7, 11) is 0. The van der Waals surface area contributed by atoms with Crippen molar-refractivity contribution in [1.82, 2.24) is 9.38 Å². The fourth-order valence-corrected chi connectivity index (χ4v) is 2.25. The van der Waals surface area contributed by atoms with Gasteiger partial charge in [-0.3, -0.25) is 9.59 Å². The monoisotopic (exact) mass is 324 g/mol. The average Bonchev–Trinajstić information content (AvgIpc) is 2.92. The molecule has 3 N–H and O–H groups in total. The minimum Gasteiger partial charge on any atom is -0.484 e. The van der Waals surface area contributed by atoms with E-state index in [-0.39, 0.29) is 12.5 Å². The summed E-state index contributed by atoms with van der Waals surface area (Å²) in [5, 5.41) is 2.76. The van der Waals surface area contributed by atoms with E-state index < -0.39 is 5.91 Å². The SMILES string of the molecule is Cc1cn2cc(NC(=O)COc3ccc(C(N)=O)cc3)ccc2n1. The lowest BCUT2D eigenvalue weighted by molar-refractivity contribution is -0.118. The number of nitrogens with one attached hydrogen (secondary N) is 1. The molecule has 122 valence electrons. The summed E-state index contributed by atoms with van der Waals surface area (Å²) in [5.74, 6) is -0.314. The van der Waals surface area contributed by atoms with Crippen LogP contribution in [0.2, 0.25) is 0 Å². The highest BCUT2D eigenvalue weighted by Gasteiger charge is 2.06. The van der Waals surface area contributed by atoms with Gasteiger partial charge in [-0.2, -0.15) is 0 Å². The molecule has 0 bridgehead atoms. The van der Waals surface area contributed by atoms with Crippen LogP contribution in [0.1, 0.15) is 16.1 Å². The molecule has 1 aromatic carbocycles. The van der Waals surface area contributed by atoms with Gasteiger partial charge in [-0.15, -0.1) is 0 Å². The minimum atomic E-state index is -0.510. The van der Waals surface area contributed by atoms with Gasteiger partial charge in [0.2, 0.25) is 5.91 Å². The van der Waals surface area contributed by atoms with Crippen molar-refractivity contribution in [2.24, 2.45) is 5.73 Å². The molecule has 24 heavy (non-hydrogen) atoms. The fraction of sp³-hybridized carbons (Fsp3) is 0.118. The van der Waals surface area contributed by atoms with E-state index >= 15 is 0 Å². The van der Waals surface area contributed by atoms with Gasteiger partial charge in [0.25, 0.3) is 5.91 Å². The van der Waals surface area contributed by atoms with E-state index in [2.05, 4.69) is 10.3 Å². The summed E-state index contributed by atoms with van der Waals surface area (Å²) < 4.78 is 7.22. The number of pyridine rings is 1. The van der Waals surface area contributed by atoms with E-state index in [4.69, 9.17) is 10.5 Å². The Bertz CT molecular complexity index is 900. The van der Waals surface area contributed by atoms with E-state index in [1.165, 1.54) is 0 Å². The van der Waals surface area contributed by atoms with Gasteiger partial charge in [-0.25, -0.2) is 4.98 Å². The van der Waals surface area contributed by atoms with Crippen molar-refractivity contribution >= 4 is 23.1 Å². The van der Waals surface area contributed by atoms with Gasteiger partial charge in [0.1, 0.15) is 11.4 Å². The lowest BCUT2D eigenvalue weighted by Crippen LogP contribution is -2.20. The van der Waals surface area contributed by atoms with Crippen molar-refractivity contribution < 1.29 is 14.3 Å². The van der Waals surface area contributed by atoms with Crippen LogP contribution in [0.4, 0.5) is 5.69 Å². The molecule has 0 radical (unpaired) electrons. The second-order valence-corrected chi connectivity index (χ2v) is 5.29. The third kappa shape index (κ3) is 3.52. The number of carbonyl (C=O) groups excluding carboxylic acids is 2. The van der Waals surface area contributed by atoms with E-state index in [0.717, 1.165) is 11.3 Å². The smallest absolute Gasteiger partial charge is 0.262 e. The molecule has 3 aromatic rings. The van der Waals surface area contributed by atoms with Gasteiger partial charge in [-0.1, -0.05) is 0 Å². The van der Waals surface area contributed by atoms with Crippen molar-refractivity contribution in [2.45, 2.75) is 6.92 Å². The number of hydrogen-bond acceptors (Lipinski definition) is 4. The molecular weight excluding hydrogens is 308 g/mol. The first-order valence-corrected chi connectivity index (χ1v) is 7.29. The number of aryl methyl sites for hydroxylation is 1. The number of nitrogens with two attached hydrogens (primary N) is 1. The van der Waals surface area contributed by atoms with Crippen LogP contribution >= 0.6 is 0 Å². The topological polar surface area (TPSA) is 98.7 Å². The second kappa shape index (κ2) is 6.41. The maximum Gasteiger partial charge on any atom is 0.262 e. The van der Waals surface area contributed by atoms with Crippen LogP contribution in [0.25, 0.3) is 5.65 Å². The molecule has 0 unspecified atom stereocenters. The summed E-state index contributed by atoms with van der Waals surface area (Å²) in [4.78, 5) is 27.3. The van der Waals surface area contributed by atoms with Crippen LogP contribution in [0, 0.1) is 6.92 Å². The van der Waals surface area contributed by atoms with Gasteiger partial charge in [0.05, 0.1) is 11.4 Å². The van der Waals surface area contributed by atoms with Crippen LogP contribution in [-0.4, -0.2) is 27.8 Å². The maximum absolute atomic E-state index is 12.0. The Kier molecular flexibility index (Phi) is 4.15. The fourth-order valence-electron chi connectivity index (χ4n) is 2.25. The molecule has 3 rings (SSSR count). The Hall–Kier alpha value is -3.35. The van der Waals surface area contributed by atoms with Crippen molar-refractivity contribution in [3.63, 3.8) is 0 Å². The normalized spacial score (nSPS) is 10.5. The predicted molar refractivity (Wildman–Crippen MR) is 89.0 cm³/mol. The number of primary amides is 1. The average molecular weight is 324 g/mol. The molecule has 0 spiro atoms. The number of carbonyl (C=O) groups is 2. The molecular formula is C17H16N4O3. The first-order chi connectivity index (χ1) is 11.5. The summed E-state index contributed by atoms with van der Waals surface area (Å²) >= 11 is 0. The molecule has 0 saturated carbocycles. The van der Waals surface area contributed by atoms with E-state index in [9.17, 15) is 9.59 Å². The van der Waals surface area contributed by atoms with Gasteiger partial charge >= 0.3 is 0 Å². The van der Waals surface area contributed by atoms with Crippen molar-refractivity contribution in [3.8, 4) is 5.75 Å². The highest BCUT2D eigenvalue weighted by Crippen LogP contribution is 2.13. The van der Waals surface area contributed by atoms with E-state index in [1.54, 1.807) is 36.5 Å². The summed E-state index contributed by atoms with van der Waals surface area (Å²) in [6.07, 6.45) is 3.66. The third-order valence-corrected chi connectivity index (χ3v) is 3.36. The predicted octanol–water partition coefficient (Wildman–Crippen LogP) is 1.76. The lowest BCUT2D eigenvalue weighted by atomic mass is 10.2. The standard InChI is InChI=1S/C17H16N4O3/c1-11-8-21-9-13(4-7-15(21)19-11)20-16(22)10-24-14-5-2-12(3-6-14)17(18)23/h2-9H,10H2,1H3,(H2,18,23)(H,20,22). The Morgan fingerprint density at radius 3 is 2.62 bits per heavy atom. The molecule has 0 saturated heterocycles. The molecule has 0 aliphatic heterocycles.